The molecule has 2 heterocycles. The first-order chi connectivity index (χ1) is 18.0. The normalized spacial score (nSPS) is 11.3. The third-order valence-electron chi connectivity index (χ3n) is 5.66. The quantitative estimate of drug-likeness (QED) is 0.249. The summed E-state index contributed by atoms with van der Waals surface area (Å²) in [6.07, 6.45) is 4.27. The molecule has 0 radical (unpaired) electrons. The molecule has 0 fully saturated rings. The minimum Gasteiger partial charge on any atom is -0.459 e. The number of anilines is 1. The van der Waals surface area contributed by atoms with E-state index in [0.29, 0.717) is 39.1 Å². The number of Topliss-reactive ketones (excluding diaryl/α,β-unsaturated/α-hetero) is 1. The third kappa shape index (κ3) is 6.42. The summed E-state index contributed by atoms with van der Waals surface area (Å²) in [7, 11) is 0. The molecule has 0 bridgehead atoms. The van der Waals surface area contributed by atoms with Gasteiger partial charge in [0.15, 0.2) is 5.78 Å². The molecule has 4 rings (SSSR count). The molecular formula is C29H30N4O5. The van der Waals surface area contributed by atoms with Crippen LogP contribution in [0.25, 0.3) is 22.0 Å². The lowest BCUT2D eigenvalue weighted by Gasteiger charge is -2.20. The lowest BCUT2D eigenvalue weighted by Crippen LogP contribution is -2.26. The Hall–Kier alpha value is -4.53. The van der Waals surface area contributed by atoms with Crippen LogP contribution in [0.3, 0.4) is 0 Å². The van der Waals surface area contributed by atoms with E-state index in [0.717, 1.165) is 5.56 Å². The minimum absolute atomic E-state index is 0.0986. The first kappa shape index (κ1) is 26.5. The highest BCUT2D eigenvalue weighted by atomic mass is 16.6. The van der Waals surface area contributed by atoms with Crippen molar-refractivity contribution < 1.29 is 23.9 Å². The second-order valence-corrected chi connectivity index (χ2v) is 9.93. The van der Waals surface area contributed by atoms with Crippen LogP contribution in [0.1, 0.15) is 49.4 Å². The zero-order chi connectivity index (χ0) is 27.4. The number of carbonyl (C=O) groups excluding carboxylic acids is 3. The van der Waals surface area contributed by atoms with Gasteiger partial charge in [-0.2, -0.15) is 0 Å². The number of carbonyl (C=O) groups is 3. The number of hydrogen-bond acceptors (Lipinski definition) is 7. The van der Waals surface area contributed by atoms with E-state index in [-0.39, 0.29) is 18.9 Å². The van der Waals surface area contributed by atoms with Crippen molar-refractivity contribution in [3.05, 3.63) is 78.0 Å². The molecule has 2 aromatic heterocycles. The van der Waals surface area contributed by atoms with Gasteiger partial charge in [-0.05, 0) is 52.3 Å². The lowest BCUT2D eigenvalue weighted by molar-refractivity contribution is -0.155. The van der Waals surface area contributed by atoms with Gasteiger partial charge in [-0.3, -0.25) is 14.9 Å². The van der Waals surface area contributed by atoms with Gasteiger partial charge in [0.05, 0.1) is 11.2 Å². The number of ether oxygens (including phenoxy) is 2. The number of nitrogens with one attached hydrogen (secondary N) is 1. The van der Waals surface area contributed by atoms with Crippen molar-refractivity contribution in [1.29, 1.82) is 0 Å². The van der Waals surface area contributed by atoms with Crippen LogP contribution in [0.2, 0.25) is 0 Å². The molecule has 0 saturated carbocycles. The van der Waals surface area contributed by atoms with E-state index in [2.05, 4.69) is 15.3 Å². The maximum Gasteiger partial charge on any atom is 0.411 e. The fourth-order valence-corrected chi connectivity index (χ4v) is 4.00. The molecule has 0 aliphatic rings. The van der Waals surface area contributed by atoms with E-state index >= 15 is 0 Å². The number of aromatic nitrogens is 3. The second kappa shape index (κ2) is 10.8. The van der Waals surface area contributed by atoms with E-state index in [9.17, 15) is 14.4 Å². The van der Waals surface area contributed by atoms with Crippen molar-refractivity contribution in [1.82, 2.24) is 14.5 Å². The average Bonchev–Trinajstić information content (AvgIpc) is 3.19. The molecule has 0 atom stereocenters. The van der Waals surface area contributed by atoms with E-state index < -0.39 is 17.7 Å². The average molecular weight is 515 g/mol. The standard InChI is InChI=1S/C29H30N4O5/c1-18(34)24-15-33(16-27(35)38-29(3,4)5)26-12-25(32-28(36)37-17-20-9-7-6-8-10-20)22(11-23(24)26)21-13-30-19(2)31-14-21/h6-15H,16-17H2,1-5H3,(H,32,36). The number of fused-ring (bicyclic) bond motifs is 1. The number of esters is 1. The molecule has 1 amide bonds. The molecule has 0 aliphatic heterocycles. The molecule has 0 saturated heterocycles. The van der Waals surface area contributed by atoms with Crippen molar-refractivity contribution >= 4 is 34.4 Å². The van der Waals surface area contributed by atoms with Crippen molar-refractivity contribution in [2.24, 2.45) is 0 Å². The van der Waals surface area contributed by atoms with Gasteiger partial charge >= 0.3 is 12.1 Å². The summed E-state index contributed by atoms with van der Waals surface area (Å²) >= 11 is 0. The fraction of sp³-hybridized carbons (Fsp3) is 0.276. The highest BCUT2D eigenvalue weighted by molar-refractivity contribution is 6.10. The Bertz CT molecular complexity index is 1490. The summed E-state index contributed by atoms with van der Waals surface area (Å²) < 4.78 is 12.6. The summed E-state index contributed by atoms with van der Waals surface area (Å²) in [5.41, 5.74) is 2.88. The van der Waals surface area contributed by atoms with Crippen LogP contribution in [0, 0.1) is 6.92 Å². The van der Waals surface area contributed by atoms with E-state index in [1.165, 1.54) is 6.92 Å². The number of ketones is 1. The van der Waals surface area contributed by atoms with Crippen molar-refractivity contribution in [2.45, 2.75) is 53.4 Å². The fourth-order valence-electron chi connectivity index (χ4n) is 4.00. The Kier molecular flexibility index (Phi) is 7.57. The number of amides is 1. The van der Waals surface area contributed by atoms with Gasteiger partial charge in [0.1, 0.15) is 24.6 Å². The Morgan fingerprint density at radius 3 is 2.34 bits per heavy atom. The lowest BCUT2D eigenvalue weighted by atomic mass is 10.0. The zero-order valence-corrected chi connectivity index (χ0v) is 22.1. The number of rotatable bonds is 7. The molecule has 2 aromatic carbocycles. The van der Waals surface area contributed by atoms with E-state index in [4.69, 9.17) is 9.47 Å². The number of hydrogen-bond donors (Lipinski definition) is 1. The predicted octanol–water partition coefficient (Wildman–Crippen LogP) is 5.70. The zero-order valence-electron chi connectivity index (χ0n) is 22.1. The van der Waals surface area contributed by atoms with Crippen molar-refractivity contribution in [3.8, 4) is 11.1 Å². The van der Waals surface area contributed by atoms with Crippen LogP contribution in [0.4, 0.5) is 10.5 Å². The molecule has 4 aromatic rings. The Morgan fingerprint density at radius 2 is 1.71 bits per heavy atom. The maximum atomic E-state index is 12.8. The molecule has 9 heteroatoms. The molecule has 1 N–H and O–H groups in total. The monoisotopic (exact) mass is 514 g/mol. The molecule has 196 valence electrons. The summed E-state index contributed by atoms with van der Waals surface area (Å²) in [5.74, 6) is -0.0103. The smallest absolute Gasteiger partial charge is 0.411 e. The minimum atomic E-state index is -0.655. The summed E-state index contributed by atoms with van der Waals surface area (Å²) in [5, 5.41) is 3.44. The summed E-state index contributed by atoms with van der Waals surface area (Å²) in [6.45, 7) is 8.61. The number of aryl methyl sites for hydroxylation is 1. The van der Waals surface area contributed by atoms with Crippen molar-refractivity contribution in [3.63, 3.8) is 0 Å². The van der Waals surface area contributed by atoms with Crippen LogP contribution >= 0.6 is 0 Å². The van der Waals surface area contributed by atoms with Crippen LogP contribution in [-0.4, -0.2) is 38.0 Å². The van der Waals surface area contributed by atoms with Crippen LogP contribution in [-0.2, 0) is 27.4 Å². The summed E-state index contributed by atoms with van der Waals surface area (Å²) in [6, 6.07) is 12.8. The van der Waals surface area contributed by atoms with Gasteiger partial charge in [-0.1, -0.05) is 30.3 Å². The van der Waals surface area contributed by atoms with Gasteiger partial charge in [0.2, 0.25) is 0 Å². The molecule has 0 unspecified atom stereocenters. The molecule has 0 spiro atoms. The SMILES string of the molecule is CC(=O)c1cn(CC(=O)OC(C)(C)C)c2cc(NC(=O)OCc3ccccc3)c(-c3cnc(C)nc3)cc12. The van der Waals surface area contributed by atoms with Crippen LogP contribution in [0.15, 0.2) is 61.1 Å². The van der Waals surface area contributed by atoms with Crippen molar-refractivity contribution in [2.75, 3.05) is 5.32 Å². The van der Waals surface area contributed by atoms with Gasteiger partial charge in [-0.25, -0.2) is 14.8 Å². The van der Waals surface area contributed by atoms with Gasteiger partial charge < -0.3 is 14.0 Å². The maximum absolute atomic E-state index is 12.8. The highest BCUT2D eigenvalue weighted by Crippen LogP contribution is 2.35. The largest absolute Gasteiger partial charge is 0.459 e. The first-order valence-electron chi connectivity index (χ1n) is 12.2. The van der Waals surface area contributed by atoms with Crippen LogP contribution in [0.5, 0.6) is 0 Å². The highest BCUT2D eigenvalue weighted by Gasteiger charge is 2.22. The molecule has 38 heavy (non-hydrogen) atoms. The number of nitrogens with zero attached hydrogens (tertiary/aromatic N) is 3. The van der Waals surface area contributed by atoms with Gasteiger partial charge in [-0.15, -0.1) is 0 Å². The summed E-state index contributed by atoms with van der Waals surface area (Å²) in [4.78, 5) is 46.5. The molecular weight excluding hydrogens is 484 g/mol. The molecule has 0 aliphatic carbocycles. The second-order valence-electron chi connectivity index (χ2n) is 9.93. The Balaban J connectivity index is 1.76. The number of benzene rings is 2. The van der Waals surface area contributed by atoms with Crippen LogP contribution < -0.4 is 5.32 Å². The first-order valence-corrected chi connectivity index (χ1v) is 12.2. The third-order valence-corrected chi connectivity index (χ3v) is 5.66. The molecule has 9 nitrogen and oxygen atoms in total. The van der Waals surface area contributed by atoms with Gasteiger partial charge in [0.25, 0.3) is 0 Å². The topological polar surface area (TPSA) is 112 Å². The van der Waals surface area contributed by atoms with Gasteiger partial charge in [0, 0.05) is 40.7 Å². The Labute approximate surface area is 220 Å². The van der Waals surface area contributed by atoms with E-state index in [1.54, 1.807) is 63.0 Å². The predicted molar refractivity (Wildman–Crippen MR) is 144 cm³/mol. The Morgan fingerprint density at radius 1 is 1.03 bits per heavy atom. The van der Waals surface area contributed by atoms with E-state index in [1.807, 2.05) is 30.3 Å².